The van der Waals surface area contributed by atoms with Gasteiger partial charge in [-0.05, 0) is 89.0 Å². The minimum Gasteiger partial charge on any atom is -0.508 e. The Kier molecular flexibility index (Phi) is 12.4. The van der Waals surface area contributed by atoms with Crippen molar-refractivity contribution in [2.24, 2.45) is 5.92 Å². The van der Waals surface area contributed by atoms with Crippen molar-refractivity contribution in [3.05, 3.63) is 179 Å². The third-order valence-electron chi connectivity index (χ3n) is 14.0. The summed E-state index contributed by atoms with van der Waals surface area (Å²) in [4.78, 5) is 67.5. The lowest BCUT2D eigenvalue weighted by molar-refractivity contribution is -0.177. The van der Waals surface area contributed by atoms with Crippen LogP contribution in [0, 0.1) is 17.8 Å². The molecule has 2 N–H and O–H groups in total. The number of phenols is 1. The summed E-state index contributed by atoms with van der Waals surface area (Å²) in [7, 11) is 1.47. The number of morpholine rings is 2. The van der Waals surface area contributed by atoms with Gasteiger partial charge in [-0.3, -0.25) is 19.3 Å². The molecule has 16 heteroatoms. The normalized spacial score (nSPS) is 22.5. The molecule has 4 aliphatic heterocycles. The van der Waals surface area contributed by atoms with Gasteiger partial charge in [0.05, 0.1) is 49.0 Å². The molecule has 0 saturated carbocycles. The number of phenolic OH excluding ortho intramolecular Hbond substituents is 1. The van der Waals surface area contributed by atoms with E-state index >= 15 is 14.4 Å². The van der Waals surface area contributed by atoms with Crippen LogP contribution in [0.25, 0.3) is 11.0 Å². The Morgan fingerprint density at radius 1 is 0.806 bits per heavy atom. The quantitative estimate of drug-likeness (QED) is 0.0806. The number of benzene rings is 6. The van der Waals surface area contributed by atoms with Crippen molar-refractivity contribution in [3.8, 4) is 17.6 Å². The molecule has 3 amide bonds. The number of fused-ring (bicyclic) bond motifs is 4. The SMILES string of the molecule is COCCOC(=O)N1C(=O)[C@@]2(c3cc(C#CCn4nnc5ccccc54)ccc31)[C@H](c1ccc(O)cc1)N1[C@H](c3ccccc3)[C@H](c3ccccc3)OC(=O)[C@H]1[C@@H]2C(=O)Nc1ccc(N2CCOCC2)cc1. The molecule has 1 spiro atoms. The number of para-hydroxylation sites is 1. The zero-order chi connectivity index (χ0) is 49.3. The van der Waals surface area contributed by atoms with Gasteiger partial charge in [-0.15, -0.1) is 5.10 Å². The Morgan fingerprint density at radius 3 is 2.25 bits per heavy atom. The molecule has 0 aliphatic carbocycles. The Labute approximate surface area is 414 Å². The van der Waals surface area contributed by atoms with Gasteiger partial charge in [0.2, 0.25) is 11.8 Å². The van der Waals surface area contributed by atoms with Crippen LogP contribution in [0.2, 0.25) is 0 Å². The highest BCUT2D eigenvalue weighted by atomic mass is 16.6. The average Bonchev–Trinajstić information content (AvgIpc) is 4.06. The molecule has 1 aromatic heterocycles. The Balaban J connectivity index is 1.14. The summed E-state index contributed by atoms with van der Waals surface area (Å²) in [6.07, 6.45) is -1.93. The van der Waals surface area contributed by atoms with E-state index in [1.165, 1.54) is 19.2 Å². The number of nitrogens with zero attached hydrogens (tertiary/aromatic N) is 6. The predicted octanol–water partition coefficient (Wildman–Crippen LogP) is 7.11. The first-order valence-corrected chi connectivity index (χ1v) is 23.8. The number of ether oxygens (including phenoxy) is 4. The number of esters is 1. The van der Waals surface area contributed by atoms with Crippen LogP contribution in [0.1, 0.15) is 46.0 Å². The second-order valence-electron chi connectivity index (χ2n) is 18.0. The van der Waals surface area contributed by atoms with Crippen molar-refractivity contribution in [3.63, 3.8) is 0 Å². The van der Waals surface area contributed by atoms with Gasteiger partial charge >= 0.3 is 12.1 Å². The highest BCUT2D eigenvalue weighted by Gasteiger charge is 2.75. The molecule has 3 fully saturated rings. The van der Waals surface area contributed by atoms with Crippen LogP contribution in [0.4, 0.5) is 21.9 Å². The molecule has 0 unspecified atom stereocenters. The lowest BCUT2D eigenvalue weighted by Crippen LogP contribution is -2.54. The van der Waals surface area contributed by atoms with Gasteiger partial charge in [-0.1, -0.05) is 102 Å². The Hall–Kier alpha value is -8.36. The summed E-state index contributed by atoms with van der Waals surface area (Å²) >= 11 is 0. The number of cyclic esters (lactones) is 1. The molecule has 16 nitrogen and oxygen atoms in total. The van der Waals surface area contributed by atoms with Gasteiger partial charge in [0, 0.05) is 37.1 Å². The fourth-order valence-electron chi connectivity index (χ4n) is 10.9. The molecule has 72 heavy (non-hydrogen) atoms. The van der Waals surface area contributed by atoms with E-state index in [4.69, 9.17) is 18.9 Å². The molecular weight excluding hydrogens is 915 g/mol. The van der Waals surface area contributed by atoms with Gasteiger partial charge in [0.1, 0.15) is 42.0 Å². The summed E-state index contributed by atoms with van der Waals surface area (Å²) in [5.41, 5.74) is 3.56. The highest BCUT2D eigenvalue weighted by Crippen LogP contribution is 2.66. The van der Waals surface area contributed by atoms with E-state index in [1.54, 1.807) is 47.1 Å². The minimum atomic E-state index is -2.08. The molecule has 6 atom stereocenters. The van der Waals surface area contributed by atoms with Gasteiger partial charge in [-0.2, -0.15) is 0 Å². The number of aromatic hydroxyl groups is 1. The molecule has 0 bridgehead atoms. The van der Waals surface area contributed by atoms with Gasteiger partial charge in [0.15, 0.2) is 0 Å². The van der Waals surface area contributed by atoms with E-state index in [9.17, 15) is 9.90 Å². The number of nitrogens with one attached hydrogen (secondary N) is 1. The van der Waals surface area contributed by atoms with Crippen molar-refractivity contribution >= 4 is 52.0 Å². The van der Waals surface area contributed by atoms with Crippen LogP contribution in [-0.2, 0) is 45.3 Å². The van der Waals surface area contributed by atoms with Crippen LogP contribution in [0.5, 0.6) is 5.75 Å². The summed E-state index contributed by atoms with van der Waals surface area (Å²) in [5, 5.41) is 22.5. The molecule has 0 radical (unpaired) electrons. The van der Waals surface area contributed by atoms with Crippen molar-refractivity contribution < 1.29 is 43.2 Å². The molecule has 7 aromatic rings. The topological polar surface area (TPSA) is 178 Å². The second kappa shape index (κ2) is 19.4. The standard InChI is InChI=1S/C56H49N7O9/c1-69-33-34-71-55(68)62-45-27-18-36(11-10-28-61-46-17-9-8-16-44(46)58-59-61)35-43(45)56(54(62)67)47(52(65)57-40-21-23-41(24-22-40)60-29-31-70-32-30-60)49-53(66)72-50(38-14-6-3-7-15-38)48(37-12-4-2-5-13-37)63(49)51(56)39-19-25-42(64)26-20-39/h2-9,12-27,35,47-51,64H,28-34H2,1H3,(H,57,65)/t47-,48-,49-,50+,51+,56-/m1/s1. The lowest BCUT2D eigenvalue weighted by Gasteiger charge is -2.46. The first kappa shape index (κ1) is 46.0. The minimum absolute atomic E-state index is 0.0452. The number of amides is 3. The summed E-state index contributed by atoms with van der Waals surface area (Å²) in [5.74, 6) is 2.62. The fourth-order valence-corrected chi connectivity index (χ4v) is 10.9. The maximum atomic E-state index is 16.5. The van der Waals surface area contributed by atoms with Crippen molar-refractivity contribution in [2.45, 2.75) is 36.2 Å². The number of carbonyl (C=O) groups is 4. The average molecular weight is 964 g/mol. The molecule has 5 heterocycles. The number of anilines is 3. The molecule has 362 valence electrons. The summed E-state index contributed by atoms with van der Waals surface area (Å²) in [6.45, 7) is 2.64. The van der Waals surface area contributed by atoms with E-state index in [0.717, 1.165) is 21.7 Å². The number of carbonyl (C=O) groups excluding carboxylic acids is 4. The largest absolute Gasteiger partial charge is 0.508 e. The summed E-state index contributed by atoms with van der Waals surface area (Å²) in [6, 6.07) is 41.8. The van der Waals surface area contributed by atoms with Gasteiger partial charge in [-0.25, -0.2) is 14.4 Å². The van der Waals surface area contributed by atoms with E-state index in [2.05, 4.69) is 32.4 Å². The number of methoxy groups -OCH3 is 1. The number of imide groups is 1. The third kappa shape index (κ3) is 8.07. The number of aromatic nitrogens is 3. The van der Waals surface area contributed by atoms with E-state index in [-0.39, 0.29) is 36.8 Å². The third-order valence-corrected chi connectivity index (χ3v) is 14.0. The number of rotatable bonds is 10. The van der Waals surface area contributed by atoms with E-state index in [1.807, 2.05) is 102 Å². The zero-order valence-electron chi connectivity index (χ0n) is 39.2. The first-order chi connectivity index (χ1) is 35.3. The highest BCUT2D eigenvalue weighted by molar-refractivity contribution is 6.24. The maximum Gasteiger partial charge on any atom is 0.421 e. The van der Waals surface area contributed by atoms with Crippen LogP contribution < -0.4 is 15.1 Å². The summed E-state index contributed by atoms with van der Waals surface area (Å²) < 4.78 is 24.8. The Bertz CT molecular complexity index is 3230. The molecule has 11 rings (SSSR count). The van der Waals surface area contributed by atoms with Gasteiger partial charge < -0.3 is 34.3 Å². The second-order valence-corrected chi connectivity index (χ2v) is 18.0. The molecular formula is C56H49N7O9. The lowest BCUT2D eigenvalue weighted by atomic mass is 9.65. The first-order valence-electron chi connectivity index (χ1n) is 23.8. The number of hydrogen-bond acceptors (Lipinski definition) is 13. The smallest absolute Gasteiger partial charge is 0.421 e. The molecule has 6 aromatic carbocycles. The van der Waals surface area contributed by atoms with Gasteiger partial charge in [0.25, 0.3) is 0 Å². The van der Waals surface area contributed by atoms with Crippen LogP contribution in [0.15, 0.2) is 152 Å². The predicted molar refractivity (Wildman–Crippen MR) is 266 cm³/mol. The molecule has 4 aliphatic rings. The molecule has 3 saturated heterocycles. The van der Waals surface area contributed by atoms with E-state index in [0.29, 0.717) is 54.2 Å². The van der Waals surface area contributed by atoms with Crippen molar-refractivity contribution in [2.75, 3.05) is 61.7 Å². The van der Waals surface area contributed by atoms with Crippen LogP contribution in [-0.4, -0.2) is 102 Å². The van der Waals surface area contributed by atoms with Crippen molar-refractivity contribution in [1.82, 2.24) is 19.9 Å². The fraction of sp³-hybridized carbons (Fsp3) is 0.250. The van der Waals surface area contributed by atoms with E-state index < -0.39 is 59.4 Å². The monoisotopic (exact) mass is 963 g/mol. The van der Waals surface area contributed by atoms with Crippen LogP contribution >= 0.6 is 0 Å². The zero-order valence-corrected chi connectivity index (χ0v) is 39.2. The van der Waals surface area contributed by atoms with Crippen molar-refractivity contribution in [1.29, 1.82) is 0 Å². The Morgan fingerprint density at radius 2 is 1.51 bits per heavy atom. The number of hydrogen-bond donors (Lipinski definition) is 2. The maximum absolute atomic E-state index is 16.5. The van der Waals surface area contributed by atoms with Crippen LogP contribution in [0.3, 0.4) is 0 Å².